The van der Waals surface area contributed by atoms with Crippen LogP contribution < -0.4 is 10.6 Å². The average molecular weight is 649 g/mol. The molecule has 4 N–H and O–H groups in total. The van der Waals surface area contributed by atoms with Gasteiger partial charge in [-0.2, -0.15) is 13.2 Å². The van der Waals surface area contributed by atoms with Crippen LogP contribution in [0.1, 0.15) is 67.2 Å². The maximum absolute atomic E-state index is 14.1. The summed E-state index contributed by atoms with van der Waals surface area (Å²) in [6.07, 6.45) is -4.27. The van der Waals surface area contributed by atoms with E-state index in [1.54, 1.807) is 18.2 Å². The molecule has 11 heteroatoms. The lowest BCUT2D eigenvalue weighted by Crippen LogP contribution is -2.44. The number of benzene rings is 3. The minimum atomic E-state index is -4.60. The second-order valence-electron chi connectivity index (χ2n) is 13.0. The molecule has 0 spiro atoms. The number of nitrogens with one attached hydrogen (secondary N) is 2. The summed E-state index contributed by atoms with van der Waals surface area (Å²) in [5, 5.41) is 25.8. The van der Waals surface area contributed by atoms with Crippen LogP contribution in [0, 0.1) is 5.82 Å². The number of amides is 1. The molecule has 3 rings (SSSR count). The van der Waals surface area contributed by atoms with Crippen LogP contribution in [0.3, 0.4) is 0 Å². The van der Waals surface area contributed by atoms with E-state index in [2.05, 4.69) is 44.5 Å². The average Bonchev–Trinajstić information content (AvgIpc) is 2.94. The van der Waals surface area contributed by atoms with Crippen molar-refractivity contribution in [3.05, 3.63) is 99.9 Å². The Balaban J connectivity index is 1.63. The first-order chi connectivity index (χ1) is 20.9. The number of hydrogen-bond acceptors (Lipinski definition) is 5. The maximum atomic E-state index is 14.1. The van der Waals surface area contributed by atoms with Crippen molar-refractivity contribution in [3.8, 4) is 5.75 Å². The number of phenols is 1. The minimum absolute atomic E-state index is 0.00724. The maximum Gasteiger partial charge on any atom is 0.416 e. The van der Waals surface area contributed by atoms with Gasteiger partial charge in [0.2, 0.25) is 5.91 Å². The van der Waals surface area contributed by atoms with E-state index >= 15 is 0 Å². The second kappa shape index (κ2) is 14.9. The summed E-state index contributed by atoms with van der Waals surface area (Å²) in [6, 6.07) is 14.8. The molecule has 0 fully saturated rings. The molecular weight excluding hydrogens is 604 g/mol. The van der Waals surface area contributed by atoms with Crippen molar-refractivity contribution >= 4 is 14.2 Å². The number of aliphatic hydroxyl groups is 1. The number of aliphatic hydroxyl groups excluding tert-OH is 1. The van der Waals surface area contributed by atoms with Crippen LogP contribution in [-0.2, 0) is 41.4 Å². The Morgan fingerprint density at radius 2 is 1.67 bits per heavy atom. The molecule has 0 aliphatic carbocycles. The lowest BCUT2D eigenvalue weighted by molar-refractivity contribution is -0.137. The number of hydrogen-bond donors (Lipinski definition) is 4. The van der Waals surface area contributed by atoms with E-state index in [-0.39, 0.29) is 48.1 Å². The number of halogens is 4. The van der Waals surface area contributed by atoms with E-state index in [4.69, 9.17) is 4.43 Å². The Bertz CT molecular complexity index is 1460. The molecular formula is C34H44F4N2O4Si. The highest BCUT2D eigenvalue weighted by Gasteiger charge is 2.39. The monoisotopic (exact) mass is 648 g/mol. The van der Waals surface area contributed by atoms with Gasteiger partial charge in [0.05, 0.1) is 24.7 Å². The SMILES string of the molecule is C[C@H](Cc1cccc(CC(=O)NCc2cc(C(F)(F)F)ccc2F)c1)NC[C@H](O[Si](C)(C)C(C)(C)C)c1ccc(O)c(CO)c1. The molecule has 0 aliphatic rings. The fourth-order valence-electron chi connectivity index (χ4n) is 4.62. The number of aromatic hydroxyl groups is 1. The summed E-state index contributed by atoms with van der Waals surface area (Å²) in [4.78, 5) is 12.6. The molecule has 2 atom stereocenters. The standard InChI is InChI=1S/C34H44F4N2O4Si/c1-22(39-20-31(44-45(5,6)33(2,3)4)25-10-13-30(42)27(17-25)21-41)14-23-8-7-9-24(15-23)16-32(43)40-19-26-18-28(34(36,37)38)11-12-29(26)35/h7-13,15,17-18,22,31,39,41-42H,14,16,19-21H2,1-6H3,(H,40,43)/t22-,31+/m1/s1. The molecule has 45 heavy (non-hydrogen) atoms. The summed E-state index contributed by atoms with van der Waals surface area (Å²) in [7, 11) is -2.18. The zero-order chi connectivity index (χ0) is 33.6. The summed E-state index contributed by atoms with van der Waals surface area (Å²) in [5.74, 6) is -1.22. The van der Waals surface area contributed by atoms with Crippen molar-refractivity contribution in [2.45, 2.75) is 90.1 Å². The first kappa shape index (κ1) is 36.2. The third-order valence-electron chi connectivity index (χ3n) is 8.29. The van der Waals surface area contributed by atoms with Gasteiger partial charge in [-0.25, -0.2) is 4.39 Å². The van der Waals surface area contributed by atoms with Crippen molar-refractivity contribution in [2.75, 3.05) is 6.54 Å². The van der Waals surface area contributed by atoms with Crippen LogP contribution in [-0.4, -0.2) is 37.0 Å². The van der Waals surface area contributed by atoms with Crippen LogP contribution in [0.4, 0.5) is 17.6 Å². The van der Waals surface area contributed by atoms with Crippen molar-refractivity contribution in [1.29, 1.82) is 0 Å². The Morgan fingerprint density at radius 1 is 0.978 bits per heavy atom. The molecule has 0 aliphatic heterocycles. The molecule has 0 radical (unpaired) electrons. The quantitative estimate of drug-likeness (QED) is 0.116. The van der Waals surface area contributed by atoms with Gasteiger partial charge < -0.3 is 25.3 Å². The Hall–Kier alpha value is -3.25. The molecule has 3 aromatic carbocycles. The number of alkyl halides is 3. The van der Waals surface area contributed by atoms with Gasteiger partial charge in [-0.1, -0.05) is 51.1 Å². The number of carbonyl (C=O) groups excluding carboxylic acids is 1. The fraction of sp³-hybridized carbons (Fsp3) is 0.441. The number of rotatable bonds is 13. The smallest absolute Gasteiger partial charge is 0.416 e. The zero-order valence-corrected chi connectivity index (χ0v) is 27.7. The Labute approximate surface area is 264 Å². The normalized spacial score (nSPS) is 13.8. The molecule has 3 aromatic rings. The van der Waals surface area contributed by atoms with Crippen LogP contribution in [0.2, 0.25) is 18.1 Å². The van der Waals surface area contributed by atoms with Gasteiger partial charge in [0.1, 0.15) is 11.6 Å². The lowest BCUT2D eigenvalue weighted by atomic mass is 10.0. The van der Waals surface area contributed by atoms with Gasteiger partial charge in [0, 0.05) is 30.3 Å². The summed E-state index contributed by atoms with van der Waals surface area (Å²) in [6.45, 7) is 12.8. The molecule has 0 saturated heterocycles. The van der Waals surface area contributed by atoms with E-state index < -0.39 is 31.8 Å². The third kappa shape index (κ3) is 10.4. The van der Waals surface area contributed by atoms with Gasteiger partial charge in [-0.05, 0) is 78.5 Å². The highest BCUT2D eigenvalue weighted by atomic mass is 28.4. The van der Waals surface area contributed by atoms with E-state index in [0.29, 0.717) is 30.7 Å². The van der Waals surface area contributed by atoms with E-state index in [0.717, 1.165) is 22.8 Å². The molecule has 0 aromatic heterocycles. The van der Waals surface area contributed by atoms with E-state index in [1.807, 2.05) is 31.2 Å². The van der Waals surface area contributed by atoms with Crippen LogP contribution in [0.25, 0.3) is 0 Å². The van der Waals surface area contributed by atoms with E-state index in [1.165, 1.54) is 0 Å². The van der Waals surface area contributed by atoms with Crippen molar-refractivity contribution in [3.63, 3.8) is 0 Å². The third-order valence-corrected chi connectivity index (χ3v) is 12.8. The first-order valence-electron chi connectivity index (χ1n) is 14.9. The largest absolute Gasteiger partial charge is 0.508 e. The molecule has 0 heterocycles. The topological polar surface area (TPSA) is 90.8 Å². The van der Waals surface area contributed by atoms with Crippen LogP contribution >= 0.6 is 0 Å². The highest BCUT2D eigenvalue weighted by Crippen LogP contribution is 2.40. The predicted molar refractivity (Wildman–Crippen MR) is 170 cm³/mol. The minimum Gasteiger partial charge on any atom is -0.508 e. The van der Waals surface area contributed by atoms with Crippen LogP contribution in [0.5, 0.6) is 5.75 Å². The Kier molecular flexibility index (Phi) is 12.0. The van der Waals surface area contributed by atoms with Gasteiger partial charge in [0.25, 0.3) is 0 Å². The Morgan fingerprint density at radius 3 is 2.31 bits per heavy atom. The van der Waals surface area contributed by atoms with Gasteiger partial charge in [-0.15, -0.1) is 0 Å². The first-order valence-corrected chi connectivity index (χ1v) is 17.8. The highest BCUT2D eigenvalue weighted by molar-refractivity contribution is 6.74. The summed E-state index contributed by atoms with van der Waals surface area (Å²) in [5.41, 5.74) is 1.80. The second-order valence-corrected chi connectivity index (χ2v) is 17.8. The van der Waals surface area contributed by atoms with E-state index in [9.17, 15) is 32.6 Å². The fourth-order valence-corrected chi connectivity index (χ4v) is 5.91. The summed E-state index contributed by atoms with van der Waals surface area (Å²) >= 11 is 0. The van der Waals surface area contributed by atoms with Gasteiger partial charge in [0.15, 0.2) is 8.32 Å². The molecule has 1 amide bonds. The van der Waals surface area contributed by atoms with Crippen molar-refractivity contribution in [2.24, 2.45) is 0 Å². The molecule has 0 unspecified atom stereocenters. The van der Waals surface area contributed by atoms with Crippen LogP contribution in [0.15, 0.2) is 60.7 Å². The van der Waals surface area contributed by atoms with Crippen molar-refractivity contribution < 1.29 is 37.0 Å². The zero-order valence-electron chi connectivity index (χ0n) is 26.7. The number of carbonyl (C=O) groups is 1. The predicted octanol–water partition coefficient (Wildman–Crippen LogP) is 7.19. The van der Waals surface area contributed by atoms with Crippen molar-refractivity contribution in [1.82, 2.24) is 10.6 Å². The lowest BCUT2D eigenvalue weighted by Gasteiger charge is -2.40. The molecule has 6 nitrogen and oxygen atoms in total. The summed E-state index contributed by atoms with van der Waals surface area (Å²) < 4.78 is 59.8. The molecule has 246 valence electrons. The van der Waals surface area contributed by atoms with Gasteiger partial charge >= 0.3 is 6.18 Å². The molecule has 0 saturated carbocycles. The van der Waals surface area contributed by atoms with Gasteiger partial charge in [-0.3, -0.25) is 4.79 Å². The molecule has 0 bridgehead atoms.